The van der Waals surface area contributed by atoms with Crippen LogP contribution in [0.3, 0.4) is 0 Å². The predicted molar refractivity (Wildman–Crippen MR) is 113 cm³/mol. The number of amides is 3. The smallest absolute Gasteiger partial charge is 0.326 e. The topological polar surface area (TPSA) is 87.7 Å². The molecule has 2 rings (SSSR count). The van der Waals surface area contributed by atoms with Crippen molar-refractivity contribution in [1.29, 1.82) is 0 Å². The molecule has 0 unspecified atom stereocenters. The van der Waals surface area contributed by atoms with Crippen LogP contribution in [0.1, 0.15) is 25.8 Å². The Morgan fingerprint density at radius 1 is 1.07 bits per heavy atom. The lowest BCUT2D eigenvalue weighted by atomic mass is 10.2. The third-order valence-electron chi connectivity index (χ3n) is 4.24. The number of anilines is 2. The SMILES string of the molecule is CC[C@@H](C)OC(=O)CN(C(=O)CNC(=O)Nc1cccc(C)c1)c1ccccc1. The first-order valence-corrected chi connectivity index (χ1v) is 9.55. The highest BCUT2D eigenvalue weighted by molar-refractivity contribution is 6.01. The molecule has 0 aliphatic carbocycles. The molecule has 0 spiro atoms. The highest BCUT2D eigenvalue weighted by atomic mass is 16.5. The van der Waals surface area contributed by atoms with Gasteiger partial charge in [0.15, 0.2) is 0 Å². The molecular weight excluding hydrogens is 370 g/mol. The quantitative estimate of drug-likeness (QED) is 0.668. The van der Waals surface area contributed by atoms with E-state index >= 15 is 0 Å². The zero-order valence-electron chi connectivity index (χ0n) is 17.0. The summed E-state index contributed by atoms with van der Waals surface area (Å²) < 4.78 is 5.28. The molecule has 2 aromatic carbocycles. The van der Waals surface area contributed by atoms with E-state index < -0.39 is 17.9 Å². The molecule has 0 bridgehead atoms. The fourth-order valence-electron chi connectivity index (χ4n) is 2.55. The minimum atomic E-state index is -0.501. The lowest BCUT2D eigenvalue weighted by molar-refractivity contribution is -0.147. The molecule has 7 heteroatoms. The van der Waals surface area contributed by atoms with Crippen LogP contribution in [0.2, 0.25) is 0 Å². The van der Waals surface area contributed by atoms with E-state index in [1.165, 1.54) is 4.90 Å². The Morgan fingerprint density at radius 2 is 1.79 bits per heavy atom. The van der Waals surface area contributed by atoms with Crippen molar-refractivity contribution in [3.63, 3.8) is 0 Å². The third kappa shape index (κ3) is 7.29. The van der Waals surface area contributed by atoms with Crippen molar-refractivity contribution in [2.24, 2.45) is 0 Å². The van der Waals surface area contributed by atoms with Crippen LogP contribution < -0.4 is 15.5 Å². The van der Waals surface area contributed by atoms with Gasteiger partial charge in [-0.1, -0.05) is 37.3 Å². The molecule has 0 aromatic heterocycles. The van der Waals surface area contributed by atoms with Crippen molar-refractivity contribution < 1.29 is 19.1 Å². The third-order valence-corrected chi connectivity index (χ3v) is 4.24. The fourth-order valence-corrected chi connectivity index (χ4v) is 2.55. The Hall–Kier alpha value is -3.35. The molecule has 29 heavy (non-hydrogen) atoms. The molecule has 0 saturated heterocycles. The van der Waals surface area contributed by atoms with Crippen molar-refractivity contribution in [3.8, 4) is 0 Å². The summed E-state index contributed by atoms with van der Waals surface area (Å²) >= 11 is 0. The van der Waals surface area contributed by atoms with Crippen LogP contribution in [0.25, 0.3) is 0 Å². The molecule has 2 aromatic rings. The molecule has 0 radical (unpaired) electrons. The number of benzene rings is 2. The predicted octanol–water partition coefficient (Wildman–Crippen LogP) is 3.49. The van der Waals surface area contributed by atoms with E-state index in [1.54, 1.807) is 37.3 Å². The molecular formula is C22H27N3O4. The van der Waals surface area contributed by atoms with Gasteiger partial charge < -0.3 is 15.4 Å². The number of urea groups is 1. The van der Waals surface area contributed by atoms with Gasteiger partial charge in [0.1, 0.15) is 6.54 Å². The number of esters is 1. The molecule has 0 heterocycles. The average Bonchev–Trinajstić information content (AvgIpc) is 2.70. The first-order chi connectivity index (χ1) is 13.9. The fraction of sp³-hybridized carbons (Fsp3) is 0.318. The maximum Gasteiger partial charge on any atom is 0.326 e. The summed E-state index contributed by atoms with van der Waals surface area (Å²) in [5.74, 6) is -0.919. The standard InChI is InChI=1S/C22H27N3O4/c1-4-17(3)29-21(27)15-25(19-11-6-5-7-12-19)20(26)14-23-22(28)24-18-10-8-9-16(2)13-18/h5-13,17H,4,14-15H2,1-3H3,(H2,23,24,28)/t17-/m1/s1. The van der Waals surface area contributed by atoms with Crippen LogP contribution in [-0.2, 0) is 14.3 Å². The molecule has 0 fully saturated rings. The maximum atomic E-state index is 12.7. The highest BCUT2D eigenvalue weighted by Gasteiger charge is 2.21. The largest absolute Gasteiger partial charge is 0.461 e. The molecule has 0 aliphatic heterocycles. The first kappa shape index (κ1) is 21.9. The van der Waals surface area contributed by atoms with E-state index in [0.717, 1.165) is 5.56 Å². The number of carbonyl (C=O) groups excluding carboxylic acids is 3. The normalized spacial score (nSPS) is 11.3. The van der Waals surface area contributed by atoms with Crippen molar-refractivity contribution in [1.82, 2.24) is 5.32 Å². The van der Waals surface area contributed by atoms with Crippen LogP contribution in [-0.4, -0.2) is 37.1 Å². The zero-order valence-corrected chi connectivity index (χ0v) is 17.0. The second-order valence-corrected chi connectivity index (χ2v) is 6.70. The van der Waals surface area contributed by atoms with Crippen LogP contribution in [0.5, 0.6) is 0 Å². The van der Waals surface area contributed by atoms with Gasteiger partial charge in [-0.25, -0.2) is 4.79 Å². The summed E-state index contributed by atoms with van der Waals surface area (Å²) in [6.45, 7) is 5.14. The van der Waals surface area contributed by atoms with E-state index in [9.17, 15) is 14.4 Å². The van der Waals surface area contributed by atoms with Crippen molar-refractivity contribution in [2.45, 2.75) is 33.3 Å². The molecule has 7 nitrogen and oxygen atoms in total. The van der Waals surface area contributed by atoms with Crippen molar-refractivity contribution in [2.75, 3.05) is 23.3 Å². The Labute approximate surface area is 171 Å². The second kappa shape index (κ2) is 10.8. The van der Waals surface area contributed by atoms with Crippen LogP contribution >= 0.6 is 0 Å². The van der Waals surface area contributed by atoms with E-state index in [4.69, 9.17) is 4.74 Å². The Kier molecular flexibility index (Phi) is 8.21. The first-order valence-electron chi connectivity index (χ1n) is 9.55. The zero-order chi connectivity index (χ0) is 21.2. The van der Waals surface area contributed by atoms with Gasteiger partial charge in [-0.2, -0.15) is 0 Å². The van der Waals surface area contributed by atoms with E-state index in [0.29, 0.717) is 17.8 Å². The summed E-state index contributed by atoms with van der Waals surface area (Å²) in [6, 6.07) is 15.6. The van der Waals surface area contributed by atoms with Gasteiger partial charge in [-0.15, -0.1) is 0 Å². The van der Waals surface area contributed by atoms with E-state index in [2.05, 4.69) is 10.6 Å². The van der Waals surface area contributed by atoms with Gasteiger partial charge >= 0.3 is 12.0 Å². The minimum Gasteiger partial charge on any atom is -0.461 e. The number of nitrogens with zero attached hydrogens (tertiary/aromatic N) is 1. The van der Waals surface area contributed by atoms with Gasteiger partial charge in [0, 0.05) is 11.4 Å². The number of para-hydroxylation sites is 1. The van der Waals surface area contributed by atoms with Crippen LogP contribution in [0, 0.1) is 6.92 Å². The summed E-state index contributed by atoms with van der Waals surface area (Å²) in [6.07, 6.45) is 0.458. The number of hydrogen-bond donors (Lipinski definition) is 2. The monoisotopic (exact) mass is 397 g/mol. The Bertz CT molecular complexity index is 839. The van der Waals surface area contributed by atoms with Gasteiger partial charge in [0.05, 0.1) is 12.6 Å². The summed E-state index contributed by atoms with van der Waals surface area (Å²) in [5, 5.41) is 5.21. The van der Waals surface area contributed by atoms with Crippen LogP contribution in [0.15, 0.2) is 54.6 Å². The number of hydrogen-bond acceptors (Lipinski definition) is 4. The number of nitrogens with one attached hydrogen (secondary N) is 2. The van der Waals surface area contributed by atoms with Gasteiger partial charge in [0.25, 0.3) is 0 Å². The number of ether oxygens (including phenoxy) is 1. The van der Waals surface area contributed by atoms with Crippen molar-refractivity contribution >= 4 is 29.3 Å². The van der Waals surface area contributed by atoms with E-state index in [1.807, 2.05) is 38.1 Å². The maximum absolute atomic E-state index is 12.7. The molecule has 0 saturated carbocycles. The molecule has 1 atom stereocenters. The highest BCUT2D eigenvalue weighted by Crippen LogP contribution is 2.14. The average molecular weight is 397 g/mol. The van der Waals surface area contributed by atoms with Gasteiger partial charge in [-0.3, -0.25) is 14.5 Å². The molecule has 3 amide bonds. The Balaban J connectivity index is 1.99. The number of carbonyl (C=O) groups is 3. The van der Waals surface area contributed by atoms with Gasteiger partial charge in [-0.05, 0) is 50.1 Å². The minimum absolute atomic E-state index is 0.228. The molecule has 0 aliphatic rings. The van der Waals surface area contributed by atoms with Crippen molar-refractivity contribution in [3.05, 3.63) is 60.2 Å². The van der Waals surface area contributed by atoms with Crippen LogP contribution in [0.4, 0.5) is 16.2 Å². The van der Waals surface area contributed by atoms with E-state index in [-0.39, 0.29) is 19.2 Å². The number of aryl methyl sites for hydroxylation is 1. The lowest BCUT2D eigenvalue weighted by Crippen LogP contribution is -2.44. The Morgan fingerprint density at radius 3 is 2.45 bits per heavy atom. The molecule has 2 N–H and O–H groups in total. The lowest BCUT2D eigenvalue weighted by Gasteiger charge is -2.23. The summed E-state index contributed by atoms with van der Waals surface area (Å²) in [5.41, 5.74) is 2.19. The summed E-state index contributed by atoms with van der Waals surface area (Å²) in [7, 11) is 0. The second-order valence-electron chi connectivity index (χ2n) is 6.70. The molecule has 154 valence electrons. The summed E-state index contributed by atoms with van der Waals surface area (Å²) in [4.78, 5) is 38.3. The van der Waals surface area contributed by atoms with Gasteiger partial charge in [0.2, 0.25) is 5.91 Å². The number of rotatable bonds is 8.